The standard InChI is InChI=1S/C18H14F2N4O2S/c1-2-5-27(26)24-14-4-3-13(19)15(16(14)20)17(25)12-9-23-18-11(12)6-10(7-21)8-22-18/h3-4,6,8-9,24H,2,5H2,1H3,(H,22,23). The lowest BCUT2D eigenvalue weighted by molar-refractivity contribution is 0.103. The largest absolute Gasteiger partial charge is 0.345 e. The number of pyridine rings is 1. The van der Waals surface area contributed by atoms with Crippen molar-refractivity contribution in [3.05, 3.63) is 58.9 Å². The Morgan fingerprint density at radius 2 is 2.19 bits per heavy atom. The highest BCUT2D eigenvalue weighted by Gasteiger charge is 2.25. The highest BCUT2D eigenvalue weighted by Crippen LogP contribution is 2.27. The first-order chi connectivity index (χ1) is 13.0. The van der Waals surface area contributed by atoms with Gasteiger partial charge in [0.1, 0.15) is 28.5 Å². The van der Waals surface area contributed by atoms with Crippen LogP contribution in [0, 0.1) is 23.0 Å². The van der Waals surface area contributed by atoms with Crippen molar-refractivity contribution in [3.63, 3.8) is 0 Å². The zero-order valence-electron chi connectivity index (χ0n) is 14.2. The van der Waals surface area contributed by atoms with E-state index < -0.39 is 34.0 Å². The van der Waals surface area contributed by atoms with Crippen LogP contribution in [-0.2, 0) is 11.0 Å². The van der Waals surface area contributed by atoms with Crippen molar-refractivity contribution in [1.82, 2.24) is 9.97 Å². The summed E-state index contributed by atoms with van der Waals surface area (Å²) >= 11 is 0. The predicted octanol–water partition coefficient (Wildman–Crippen LogP) is 3.43. The molecule has 9 heteroatoms. The summed E-state index contributed by atoms with van der Waals surface area (Å²) in [4.78, 5) is 19.6. The lowest BCUT2D eigenvalue weighted by atomic mass is 10.0. The van der Waals surface area contributed by atoms with Gasteiger partial charge >= 0.3 is 0 Å². The van der Waals surface area contributed by atoms with Crippen LogP contribution < -0.4 is 4.72 Å². The van der Waals surface area contributed by atoms with Crippen LogP contribution in [0.1, 0.15) is 34.8 Å². The molecule has 0 amide bonds. The second-order valence-electron chi connectivity index (χ2n) is 5.70. The van der Waals surface area contributed by atoms with Crippen molar-refractivity contribution >= 4 is 33.5 Å². The van der Waals surface area contributed by atoms with Gasteiger partial charge in [0.2, 0.25) is 5.78 Å². The van der Waals surface area contributed by atoms with Crippen molar-refractivity contribution in [2.45, 2.75) is 13.3 Å². The number of rotatable bonds is 6. The van der Waals surface area contributed by atoms with E-state index in [0.717, 1.165) is 12.1 Å². The Labute approximate surface area is 155 Å². The lowest BCUT2D eigenvalue weighted by Gasteiger charge is -2.10. The number of hydrogen-bond acceptors (Lipinski definition) is 4. The number of aromatic nitrogens is 2. The van der Waals surface area contributed by atoms with Crippen LogP contribution >= 0.6 is 0 Å². The average Bonchev–Trinajstić information content (AvgIpc) is 3.07. The SMILES string of the molecule is CCCS(=O)Nc1ccc(F)c(C(=O)c2c[nH]c3ncc(C#N)cc23)c1F. The molecule has 0 saturated carbocycles. The van der Waals surface area contributed by atoms with Gasteiger partial charge in [-0.1, -0.05) is 6.92 Å². The van der Waals surface area contributed by atoms with Crippen molar-refractivity contribution in [2.75, 3.05) is 10.5 Å². The van der Waals surface area contributed by atoms with Gasteiger partial charge in [0.25, 0.3) is 0 Å². The quantitative estimate of drug-likeness (QED) is 0.632. The topological polar surface area (TPSA) is 98.6 Å². The minimum Gasteiger partial charge on any atom is -0.345 e. The molecular formula is C18H14F2N4O2S. The van der Waals surface area contributed by atoms with Gasteiger partial charge in [0, 0.05) is 29.1 Å². The first kappa shape index (κ1) is 18.7. The van der Waals surface area contributed by atoms with Gasteiger partial charge in [0.05, 0.1) is 16.8 Å². The van der Waals surface area contributed by atoms with Crippen LogP contribution in [-0.4, -0.2) is 25.7 Å². The monoisotopic (exact) mass is 388 g/mol. The summed E-state index contributed by atoms with van der Waals surface area (Å²) in [5.74, 6) is -2.78. The molecule has 1 unspecified atom stereocenters. The van der Waals surface area contributed by atoms with E-state index in [1.54, 1.807) is 0 Å². The molecule has 0 aliphatic rings. The number of carbonyl (C=O) groups is 1. The van der Waals surface area contributed by atoms with Gasteiger partial charge < -0.3 is 9.71 Å². The molecule has 1 aromatic carbocycles. The lowest BCUT2D eigenvalue weighted by Crippen LogP contribution is -2.13. The third-order valence-corrected chi connectivity index (χ3v) is 5.06. The number of anilines is 1. The Hall–Kier alpha value is -3.12. The number of hydrogen-bond donors (Lipinski definition) is 2. The van der Waals surface area contributed by atoms with Gasteiger partial charge in [-0.3, -0.25) is 4.79 Å². The number of H-pyrrole nitrogens is 1. The van der Waals surface area contributed by atoms with Gasteiger partial charge in [-0.2, -0.15) is 5.26 Å². The van der Waals surface area contributed by atoms with E-state index in [2.05, 4.69) is 14.7 Å². The van der Waals surface area contributed by atoms with Crippen LogP contribution in [0.15, 0.2) is 30.6 Å². The van der Waals surface area contributed by atoms with Crippen LogP contribution in [0.5, 0.6) is 0 Å². The molecule has 1 atom stereocenters. The Morgan fingerprint density at radius 3 is 2.89 bits per heavy atom. The number of benzene rings is 1. The number of nitriles is 1. The number of halogens is 2. The molecule has 0 saturated heterocycles. The van der Waals surface area contributed by atoms with E-state index in [1.165, 1.54) is 18.5 Å². The van der Waals surface area contributed by atoms with Crippen molar-refractivity contribution < 1.29 is 17.8 Å². The van der Waals surface area contributed by atoms with E-state index in [4.69, 9.17) is 5.26 Å². The average molecular weight is 388 g/mol. The van der Waals surface area contributed by atoms with Crippen LogP contribution in [0.4, 0.5) is 14.5 Å². The third kappa shape index (κ3) is 3.57. The number of aromatic amines is 1. The van der Waals surface area contributed by atoms with Gasteiger partial charge in [-0.25, -0.2) is 18.0 Å². The number of carbonyl (C=O) groups excluding carboxylic acids is 1. The zero-order valence-corrected chi connectivity index (χ0v) is 15.0. The summed E-state index contributed by atoms with van der Waals surface area (Å²) in [6.45, 7) is 1.82. The van der Waals surface area contributed by atoms with Crippen LogP contribution in [0.25, 0.3) is 11.0 Å². The summed E-state index contributed by atoms with van der Waals surface area (Å²) in [6.07, 6.45) is 3.22. The molecule has 6 nitrogen and oxygen atoms in total. The van der Waals surface area contributed by atoms with Crippen molar-refractivity contribution in [3.8, 4) is 6.07 Å². The maximum atomic E-state index is 14.8. The van der Waals surface area contributed by atoms with Gasteiger partial charge in [-0.15, -0.1) is 0 Å². The molecule has 0 fully saturated rings. The highest BCUT2D eigenvalue weighted by atomic mass is 32.2. The normalized spacial score (nSPS) is 11.9. The van der Waals surface area contributed by atoms with Crippen molar-refractivity contribution in [1.29, 1.82) is 5.26 Å². The molecule has 0 aliphatic heterocycles. The number of ketones is 1. The molecule has 2 aromatic heterocycles. The molecule has 0 bridgehead atoms. The first-order valence-corrected chi connectivity index (χ1v) is 9.33. The first-order valence-electron chi connectivity index (χ1n) is 8.01. The fraction of sp³-hybridized carbons (Fsp3) is 0.167. The zero-order chi connectivity index (χ0) is 19.6. The summed E-state index contributed by atoms with van der Waals surface area (Å²) in [6, 6.07) is 5.35. The summed E-state index contributed by atoms with van der Waals surface area (Å²) in [5.41, 5.74) is -0.475. The fourth-order valence-corrected chi connectivity index (χ4v) is 3.46. The van der Waals surface area contributed by atoms with E-state index in [9.17, 15) is 17.8 Å². The minimum atomic E-state index is -1.55. The molecule has 2 heterocycles. The number of nitrogens with one attached hydrogen (secondary N) is 2. The summed E-state index contributed by atoms with van der Waals surface area (Å²) in [7, 11) is -1.55. The highest BCUT2D eigenvalue weighted by molar-refractivity contribution is 7.86. The van der Waals surface area contributed by atoms with E-state index in [-0.39, 0.29) is 28.0 Å². The molecule has 27 heavy (non-hydrogen) atoms. The molecule has 0 aliphatic carbocycles. The van der Waals surface area contributed by atoms with Crippen LogP contribution in [0.3, 0.4) is 0 Å². The predicted molar refractivity (Wildman–Crippen MR) is 97.5 cm³/mol. The fourth-order valence-electron chi connectivity index (χ4n) is 2.59. The Bertz CT molecular complexity index is 1100. The Kier molecular flexibility index (Phi) is 5.28. The van der Waals surface area contributed by atoms with Crippen molar-refractivity contribution in [2.24, 2.45) is 0 Å². The smallest absolute Gasteiger partial charge is 0.201 e. The molecule has 2 N–H and O–H groups in total. The van der Waals surface area contributed by atoms with E-state index in [1.807, 2.05) is 13.0 Å². The molecule has 0 spiro atoms. The molecule has 138 valence electrons. The number of fused-ring (bicyclic) bond motifs is 1. The maximum absolute atomic E-state index is 14.8. The van der Waals surface area contributed by atoms with E-state index >= 15 is 0 Å². The molecule has 0 radical (unpaired) electrons. The second kappa shape index (κ2) is 7.63. The Morgan fingerprint density at radius 1 is 1.41 bits per heavy atom. The van der Waals surface area contributed by atoms with Gasteiger partial charge in [0.15, 0.2) is 5.82 Å². The molecule has 3 aromatic rings. The molecule has 3 rings (SSSR count). The van der Waals surface area contributed by atoms with E-state index in [0.29, 0.717) is 12.1 Å². The summed E-state index contributed by atoms with van der Waals surface area (Å²) in [5, 5.41) is 9.27. The third-order valence-electron chi connectivity index (χ3n) is 3.84. The maximum Gasteiger partial charge on any atom is 0.201 e. The number of nitrogens with zero attached hydrogens (tertiary/aromatic N) is 2. The molecular weight excluding hydrogens is 374 g/mol. The minimum absolute atomic E-state index is 0.0146. The van der Waals surface area contributed by atoms with Crippen LogP contribution in [0.2, 0.25) is 0 Å². The Balaban J connectivity index is 2.07. The summed E-state index contributed by atoms with van der Waals surface area (Å²) < 4.78 is 43.3. The second-order valence-corrected chi connectivity index (χ2v) is 7.00. The van der Waals surface area contributed by atoms with Gasteiger partial charge in [-0.05, 0) is 24.6 Å².